The highest BCUT2D eigenvalue weighted by atomic mass is 32.2. The van der Waals surface area contributed by atoms with E-state index in [9.17, 15) is 0 Å². The summed E-state index contributed by atoms with van der Waals surface area (Å²) >= 11 is 1.70. The fourth-order valence-corrected chi connectivity index (χ4v) is 3.46. The van der Waals surface area contributed by atoms with E-state index in [1.807, 2.05) is 0 Å². The van der Waals surface area contributed by atoms with Crippen molar-refractivity contribution in [1.82, 2.24) is 15.0 Å². The van der Waals surface area contributed by atoms with E-state index in [4.69, 9.17) is 10.6 Å². The van der Waals surface area contributed by atoms with Gasteiger partial charge in [0, 0.05) is 31.6 Å². The normalized spacial score (nSPS) is 20.4. The van der Waals surface area contributed by atoms with Gasteiger partial charge in [-0.2, -0.15) is 15.0 Å². The highest BCUT2D eigenvalue weighted by Crippen LogP contribution is 2.29. The third kappa shape index (κ3) is 3.31. The molecule has 3 N–H and O–H groups in total. The summed E-state index contributed by atoms with van der Waals surface area (Å²) in [6.45, 7) is 3.66. The van der Waals surface area contributed by atoms with Gasteiger partial charge in [0.1, 0.15) is 0 Å². The summed E-state index contributed by atoms with van der Waals surface area (Å²) in [6, 6.07) is 0. The molecule has 0 bridgehead atoms. The number of nitrogen functional groups attached to an aromatic ring is 1. The molecule has 1 aromatic heterocycles. The molecule has 0 unspecified atom stereocenters. The average Bonchev–Trinajstić information content (AvgIpc) is 3.02. The van der Waals surface area contributed by atoms with Gasteiger partial charge in [-0.05, 0) is 25.7 Å². The summed E-state index contributed by atoms with van der Waals surface area (Å²) in [5.74, 6) is 6.65. The first-order valence-electron chi connectivity index (χ1n) is 7.07. The van der Waals surface area contributed by atoms with Gasteiger partial charge >= 0.3 is 0 Å². The molecular formula is C12H20N6OS. The van der Waals surface area contributed by atoms with Crippen molar-refractivity contribution >= 4 is 23.7 Å². The van der Waals surface area contributed by atoms with Crippen LogP contribution in [-0.2, 0) is 4.74 Å². The Morgan fingerprint density at radius 3 is 2.60 bits per heavy atom. The van der Waals surface area contributed by atoms with Gasteiger partial charge < -0.3 is 9.64 Å². The number of nitrogens with one attached hydrogen (secondary N) is 1. The molecule has 0 saturated carbocycles. The Morgan fingerprint density at radius 1 is 1.15 bits per heavy atom. The maximum atomic E-state index is 5.47. The zero-order valence-electron chi connectivity index (χ0n) is 11.4. The molecule has 2 aliphatic heterocycles. The largest absolute Gasteiger partial charge is 0.381 e. The maximum Gasteiger partial charge on any atom is 0.242 e. The standard InChI is InChI=1S/C12H20N6OS/c13-17-10-14-11(18-5-1-2-6-18)16-12(15-10)20-9-3-7-19-8-4-9/h9H,1-8,13H2,(H,14,15,16,17). The van der Waals surface area contributed by atoms with Crippen molar-refractivity contribution in [3.8, 4) is 0 Å². The van der Waals surface area contributed by atoms with Crippen molar-refractivity contribution in [2.75, 3.05) is 36.6 Å². The average molecular weight is 296 g/mol. The number of nitrogens with two attached hydrogens (primary N) is 1. The lowest BCUT2D eigenvalue weighted by atomic mass is 10.2. The third-order valence-electron chi connectivity index (χ3n) is 3.56. The van der Waals surface area contributed by atoms with Gasteiger partial charge in [0.05, 0.1) is 0 Å². The Hall–Kier alpha value is -1.12. The molecule has 0 radical (unpaired) electrons. The van der Waals surface area contributed by atoms with E-state index in [0.717, 1.165) is 50.2 Å². The van der Waals surface area contributed by atoms with E-state index in [-0.39, 0.29) is 0 Å². The van der Waals surface area contributed by atoms with E-state index >= 15 is 0 Å². The van der Waals surface area contributed by atoms with Crippen molar-refractivity contribution < 1.29 is 4.74 Å². The minimum atomic E-state index is 0.441. The van der Waals surface area contributed by atoms with Crippen molar-refractivity contribution in [2.24, 2.45) is 5.84 Å². The summed E-state index contributed by atoms with van der Waals surface area (Å²) < 4.78 is 5.38. The molecule has 0 atom stereocenters. The second-order valence-corrected chi connectivity index (χ2v) is 6.28. The van der Waals surface area contributed by atoms with E-state index in [2.05, 4.69) is 25.3 Å². The molecule has 3 rings (SSSR count). The summed E-state index contributed by atoms with van der Waals surface area (Å²) in [6.07, 6.45) is 4.47. The lowest BCUT2D eigenvalue weighted by Gasteiger charge is -2.21. The Bertz CT molecular complexity index is 448. The van der Waals surface area contributed by atoms with Crippen LogP contribution in [0.1, 0.15) is 25.7 Å². The van der Waals surface area contributed by atoms with Gasteiger partial charge in [-0.1, -0.05) is 11.8 Å². The van der Waals surface area contributed by atoms with Gasteiger partial charge in [-0.15, -0.1) is 0 Å². The van der Waals surface area contributed by atoms with Crippen LogP contribution in [0.15, 0.2) is 5.16 Å². The Balaban J connectivity index is 1.76. The smallest absolute Gasteiger partial charge is 0.242 e. The van der Waals surface area contributed by atoms with Gasteiger partial charge in [0.15, 0.2) is 5.16 Å². The number of nitrogens with zero attached hydrogens (tertiary/aromatic N) is 4. The first kappa shape index (κ1) is 13.8. The van der Waals surface area contributed by atoms with Crippen LogP contribution < -0.4 is 16.2 Å². The highest BCUT2D eigenvalue weighted by Gasteiger charge is 2.20. The van der Waals surface area contributed by atoms with Crippen molar-refractivity contribution in [3.05, 3.63) is 0 Å². The number of hydrogen-bond acceptors (Lipinski definition) is 8. The topological polar surface area (TPSA) is 89.2 Å². The van der Waals surface area contributed by atoms with Gasteiger partial charge in [0.25, 0.3) is 0 Å². The van der Waals surface area contributed by atoms with Crippen LogP contribution >= 0.6 is 11.8 Å². The molecule has 2 saturated heterocycles. The van der Waals surface area contributed by atoms with Crippen LogP contribution in [0.3, 0.4) is 0 Å². The predicted octanol–water partition coefficient (Wildman–Crippen LogP) is 1.03. The molecule has 0 aromatic carbocycles. The third-order valence-corrected chi connectivity index (χ3v) is 4.76. The van der Waals surface area contributed by atoms with E-state index < -0.39 is 0 Å². The molecule has 1 aromatic rings. The maximum absolute atomic E-state index is 5.47. The van der Waals surface area contributed by atoms with Crippen LogP contribution in [0.5, 0.6) is 0 Å². The number of thioether (sulfide) groups is 1. The quantitative estimate of drug-likeness (QED) is 0.629. The number of rotatable bonds is 4. The van der Waals surface area contributed by atoms with E-state index in [1.54, 1.807) is 11.8 Å². The number of aromatic nitrogens is 3. The van der Waals surface area contributed by atoms with Crippen molar-refractivity contribution in [3.63, 3.8) is 0 Å². The lowest BCUT2D eigenvalue weighted by molar-refractivity contribution is 0.1000. The summed E-state index contributed by atoms with van der Waals surface area (Å²) in [5, 5.41) is 1.27. The monoisotopic (exact) mass is 296 g/mol. The predicted molar refractivity (Wildman–Crippen MR) is 78.8 cm³/mol. The first-order chi connectivity index (χ1) is 9.85. The number of ether oxygens (including phenoxy) is 1. The van der Waals surface area contributed by atoms with Gasteiger partial charge in [-0.3, -0.25) is 5.43 Å². The number of hydrazine groups is 1. The second kappa shape index (κ2) is 6.55. The SMILES string of the molecule is NNc1nc(SC2CCOCC2)nc(N2CCCC2)n1. The lowest BCUT2D eigenvalue weighted by Crippen LogP contribution is -2.23. The second-order valence-electron chi connectivity index (χ2n) is 5.01. The van der Waals surface area contributed by atoms with Crippen LogP contribution in [-0.4, -0.2) is 46.5 Å². The molecule has 2 fully saturated rings. The first-order valence-corrected chi connectivity index (χ1v) is 7.95. The van der Waals surface area contributed by atoms with Crippen LogP contribution in [0.25, 0.3) is 0 Å². The summed E-state index contributed by atoms with van der Waals surface area (Å²) in [4.78, 5) is 15.5. The molecule has 3 heterocycles. The minimum Gasteiger partial charge on any atom is -0.381 e. The zero-order chi connectivity index (χ0) is 13.8. The number of anilines is 2. The molecule has 110 valence electrons. The summed E-state index contributed by atoms with van der Waals surface area (Å²) in [7, 11) is 0. The molecular weight excluding hydrogens is 276 g/mol. The molecule has 8 heteroatoms. The van der Waals surface area contributed by atoms with Gasteiger partial charge in [-0.25, -0.2) is 5.84 Å². The minimum absolute atomic E-state index is 0.441. The Morgan fingerprint density at radius 2 is 1.90 bits per heavy atom. The fourth-order valence-electron chi connectivity index (χ4n) is 2.46. The van der Waals surface area contributed by atoms with Crippen LogP contribution in [0.2, 0.25) is 0 Å². The fraction of sp³-hybridized carbons (Fsp3) is 0.750. The van der Waals surface area contributed by atoms with Crippen molar-refractivity contribution in [2.45, 2.75) is 36.1 Å². The molecule has 20 heavy (non-hydrogen) atoms. The van der Waals surface area contributed by atoms with Crippen LogP contribution in [0.4, 0.5) is 11.9 Å². The van der Waals surface area contributed by atoms with E-state index in [0.29, 0.717) is 11.2 Å². The molecule has 7 nitrogen and oxygen atoms in total. The number of hydrogen-bond donors (Lipinski definition) is 2. The summed E-state index contributed by atoms with van der Waals surface area (Å²) in [5.41, 5.74) is 2.54. The molecule has 0 aliphatic carbocycles. The highest BCUT2D eigenvalue weighted by molar-refractivity contribution is 7.99. The Kier molecular flexibility index (Phi) is 4.54. The van der Waals surface area contributed by atoms with Gasteiger partial charge in [0.2, 0.25) is 11.9 Å². The Labute approximate surface area is 122 Å². The molecule has 0 spiro atoms. The van der Waals surface area contributed by atoms with Crippen LogP contribution in [0, 0.1) is 0 Å². The van der Waals surface area contributed by atoms with E-state index in [1.165, 1.54) is 12.8 Å². The zero-order valence-corrected chi connectivity index (χ0v) is 12.2. The van der Waals surface area contributed by atoms with Crippen molar-refractivity contribution in [1.29, 1.82) is 0 Å². The molecule has 2 aliphatic rings. The molecule has 0 amide bonds.